The maximum Gasteiger partial charge on any atom is 0.316 e. The van der Waals surface area contributed by atoms with Crippen LogP contribution in [0.5, 0.6) is 6.01 Å². The number of piperidine rings is 2. The minimum absolute atomic E-state index is 0.100. The summed E-state index contributed by atoms with van der Waals surface area (Å²) in [6.07, 6.45) is 7.22. The van der Waals surface area contributed by atoms with Crippen LogP contribution >= 0.6 is 15.9 Å². The Hall–Kier alpha value is -1.26. The second-order valence-corrected chi connectivity index (χ2v) is 9.68. The van der Waals surface area contributed by atoms with Gasteiger partial charge in [-0.05, 0) is 41.6 Å². The van der Waals surface area contributed by atoms with Gasteiger partial charge in [-0.2, -0.15) is 0 Å². The summed E-state index contributed by atoms with van der Waals surface area (Å²) in [7, 11) is -3.18. The quantitative estimate of drug-likeness (QED) is 0.691. The highest BCUT2D eigenvalue weighted by Crippen LogP contribution is 2.24. The van der Waals surface area contributed by atoms with E-state index in [1.54, 1.807) is 12.4 Å². The second-order valence-electron chi connectivity index (χ2n) is 6.79. The van der Waals surface area contributed by atoms with E-state index in [-0.39, 0.29) is 17.9 Å². The smallest absolute Gasteiger partial charge is 0.316 e. The van der Waals surface area contributed by atoms with Gasteiger partial charge in [0.25, 0.3) is 0 Å². The standard InChI is InChI=1S/C16H23BrN4O4S/c1-26(23,24)21-7-4-12(5-8-21)15(22)20-6-2-3-14(11-20)25-16-18-9-13(17)10-19-16/h9-10,12,14H,2-8,11H2,1H3/t14-/m1/s1. The van der Waals surface area contributed by atoms with E-state index in [0.717, 1.165) is 17.3 Å². The zero-order chi connectivity index (χ0) is 18.7. The van der Waals surface area contributed by atoms with Gasteiger partial charge in [-0.1, -0.05) is 0 Å². The van der Waals surface area contributed by atoms with Crippen molar-refractivity contribution >= 4 is 31.9 Å². The lowest BCUT2D eigenvalue weighted by atomic mass is 9.95. The summed E-state index contributed by atoms with van der Waals surface area (Å²) in [6.45, 7) is 2.06. The first-order valence-corrected chi connectivity index (χ1v) is 11.3. The van der Waals surface area contributed by atoms with Gasteiger partial charge in [-0.15, -0.1) is 0 Å². The Morgan fingerprint density at radius 2 is 1.85 bits per heavy atom. The van der Waals surface area contributed by atoms with Crippen LogP contribution in [0.2, 0.25) is 0 Å². The molecule has 0 N–H and O–H groups in total. The number of hydrogen-bond donors (Lipinski definition) is 0. The normalized spacial score (nSPS) is 23.0. The number of ether oxygens (including phenoxy) is 1. The molecule has 3 rings (SSSR count). The van der Waals surface area contributed by atoms with Crippen LogP contribution in [0.1, 0.15) is 25.7 Å². The van der Waals surface area contributed by atoms with Crippen molar-refractivity contribution in [3.63, 3.8) is 0 Å². The van der Waals surface area contributed by atoms with Gasteiger partial charge in [0, 0.05) is 37.9 Å². The van der Waals surface area contributed by atoms with Crippen LogP contribution in [0.15, 0.2) is 16.9 Å². The molecule has 1 amide bonds. The zero-order valence-electron chi connectivity index (χ0n) is 14.7. The molecule has 0 saturated carbocycles. The summed E-state index contributed by atoms with van der Waals surface area (Å²) in [5.41, 5.74) is 0. The van der Waals surface area contributed by atoms with E-state index in [1.807, 2.05) is 4.90 Å². The number of carbonyl (C=O) groups excluding carboxylic acids is 1. The highest BCUT2D eigenvalue weighted by molar-refractivity contribution is 9.10. The predicted molar refractivity (Wildman–Crippen MR) is 99.1 cm³/mol. The first-order chi connectivity index (χ1) is 12.3. The van der Waals surface area contributed by atoms with Crippen molar-refractivity contribution in [2.75, 3.05) is 32.4 Å². The van der Waals surface area contributed by atoms with E-state index in [0.29, 0.717) is 45.0 Å². The highest BCUT2D eigenvalue weighted by Gasteiger charge is 2.33. The van der Waals surface area contributed by atoms with Gasteiger partial charge in [0.05, 0.1) is 17.3 Å². The van der Waals surface area contributed by atoms with Gasteiger partial charge >= 0.3 is 6.01 Å². The van der Waals surface area contributed by atoms with Crippen molar-refractivity contribution in [3.8, 4) is 6.01 Å². The summed E-state index contributed by atoms with van der Waals surface area (Å²) in [5, 5.41) is 0. The molecule has 26 heavy (non-hydrogen) atoms. The number of nitrogens with zero attached hydrogens (tertiary/aromatic N) is 4. The van der Waals surface area contributed by atoms with Crippen LogP contribution in [0.25, 0.3) is 0 Å². The third-order valence-electron chi connectivity index (χ3n) is 4.83. The van der Waals surface area contributed by atoms with E-state index in [1.165, 1.54) is 10.6 Å². The second kappa shape index (κ2) is 8.18. The lowest BCUT2D eigenvalue weighted by Crippen LogP contribution is -2.49. The van der Waals surface area contributed by atoms with Gasteiger partial charge in [0.15, 0.2) is 0 Å². The van der Waals surface area contributed by atoms with Crippen LogP contribution in [0, 0.1) is 5.92 Å². The Morgan fingerprint density at radius 3 is 2.46 bits per heavy atom. The lowest BCUT2D eigenvalue weighted by molar-refractivity contribution is -0.139. The molecule has 2 aliphatic rings. The van der Waals surface area contributed by atoms with E-state index in [4.69, 9.17) is 4.74 Å². The van der Waals surface area contributed by atoms with Gasteiger partial charge in [0.2, 0.25) is 15.9 Å². The number of hydrogen-bond acceptors (Lipinski definition) is 6. The molecule has 0 aromatic carbocycles. The van der Waals surface area contributed by atoms with E-state index in [2.05, 4.69) is 25.9 Å². The molecule has 0 unspecified atom stereocenters. The monoisotopic (exact) mass is 446 g/mol. The van der Waals surface area contributed by atoms with Crippen LogP contribution in [0.4, 0.5) is 0 Å². The van der Waals surface area contributed by atoms with E-state index >= 15 is 0 Å². The van der Waals surface area contributed by atoms with Gasteiger partial charge in [0.1, 0.15) is 6.10 Å². The molecule has 0 bridgehead atoms. The van der Waals surface area contributed by atoms with Crippen molar-refractivity contribution < 1.29 is 17.9 Å². The van der Waals surface area contributed by atoms with Crippen LogP contribution in [-0.2, 0) is 14.8 Å². The Labute approximate surface area is 162 Å². The zero-order valence-corrected chi connectivity index (χ0v) is 17.1. The molecule has 2 aliphatic heterocycles. The summed E-state index contributed by atoms with van der Waals surface area (Å²) in [5.74, 6) is -0.0149. The van der Waals surface area contributed by atoms with Gasteiger partial charge in [-0.25, -0.2) is 22.7 Å². The molecule has 144 valence electrons. The molecule has 0 aliphatic carbocycles. The summed E-state index contributed by atoms with van der Waals surface area (Å²) in [6, 6.07) is 0.314. The Balaban J connectivity index is 1.54. The van der Waals surface area contributed by atoms with E-state index < -0.39 is 10.0 Å². The van der Waals surface area contributed by atoms with Gasteiger partial charge < -0.3 is 9.64 Å². The minimum atomic E-state index is -3.18. The number of sulfonamides is 1. The molecule has 3 heterocycles. The van der Waals surface area contributed by atoms with E-state index in [9.17, 15) is 13.2 Å². The number of aromatic nitrogens is 2. The third kappa shape index (κ3) is 4.92. The molecular weight excluding hydrogens is 424 g/mol. The molecule has 1 atom stereocenters. The van der Waals surface area contributed by atoms with Crippen molar-refractivity contribution in [1.82, 2.24) is 19.2 Å². The Bertz CT molecular complexity index is 735. The van der Waals surface area contributed by atoms with Crippen LogP contribution < -0.4 is 4.74 Å². The molecule has 2 fully saturated rings. The fourth-order valence-electron chi connectivity index (χ4n) is 3.44. The Morgan fingerprint density at radius 1 is 1.19 bits per heavy atom. The SMILES string of the molecule is CS(=O)(=O)N1CCC(C(=O)N2CCC[C@@H](Oc3ncc(Br)cn3)C2)CC1. The molecule has 1 aromatic heterocycles. The first kappa shape index (κ1) is 19.5. The van der Waals surface area contributed by atoms with Crippen LogP contribution in [-0.4, -0.2) is 72.0 Å². The summed E-state index contributed by atoms with van der Waals surface area (Å²) < 4.78 is 31.2. The maximum atomic E-state index is 12.8. The largest absolute Gasteiger partial charge is 0.458 e. The fourth-order valence-corrected chi connectivity index (χ4v) is 4.52. The summed E-state index contributed by atoms with van der Waals surface area (Å²) >= 11 is 3.29. The van der Waals surface area contributed by atoms with Crippen LogP contribution in [0.3, 0.4) is 0 Å². The first-order valence-electron chi connectivity index (χ1n) is 8.71. The highest BCUT2D eigenvalue weighted by atomic mass is 79.9. The predicted octanol–water partition coefficient (Wildman–Crippen LogP) is 1.28. The third-order valence-corrected chi connectivity index (χ3v) is 6.54. The molecular formula is C16H23BrN4O4S. The number of amides is 1. The number of halogens is 1. The molecule has 1 aromatic rings. The van der Waals surface area contributed by atoms with Crippen molar-refractivity contribution in [2.24, 2.45) is 5.92 Å². The lowest BCUT2D eigenvalue weighted by Gasteiger charge is -2.37. The molecule has 2 saturated heterocycles. The minimum Gasteiger partial charge on any atom is -0.458 e. The summed E-state index contributed by atoms with van der Waals surface area (Å²) in [4.78, 5) is 22.9. The van der Waals surface area contributed by atoms with Crippen molar-refractivity contribution in [1.29, 1.82) is 0 Å². The molecule has 0 radical (unpaired) electrons. The Kier molecular flexibility index (Phi) is 6.13. The van der Waals surface area contributed by atoms with Crippen molar-refractivity contribution in [3.05, 3.63) is 16.9 Å². The number of rotatable bonds is 4. The topological polar surface area (TPSA) is 92.7 Å². The fraction of sp³-hybridized carbons (Fsp3) is 0.688. The number of carbonyl (C=O) groups is 1. The average molecular weight is 447 g/mol. The molecule has 0 spiro atoms. The number of likely N-dealkylation sites (tertiary alicyclic amines) is 1. The molecule has 8 nitrogen and oxygen atoms in total. The average Bonchev–Trinajstić information content (AvgIpc) is 2.63. The van der Waals surface area contributed by atoms with Crippen molar-refractivity contribution in [2.45, 2.75) is 31.8 Å². The van der Waals surface area contributed by atoms with Gasteiger partial charge in [-0.3, -0.25) is 4.79 Å². The maximum absolute atomic E-state index is 12.8. The molecule has 10 heteroatoms.